The molecule has 2 amide bonds. The molecule has 0 saturated carbocycles. The van der Waals surface area contributed by atoms with Gasteiger partial charge in [0.15, 0.2) is 6.61 Å². The maximum atomic E-state index is 12.2. The first kappa shape index (κ1) is 20.3. The number of carbonyl (C=O) groups is 2. The Morgan fingerprint density at radius 1 is 0.963 bits per heavy atom. The van der Waals surface area contributed by atoms with Crippen LogP contribution in [0.25, 0.3) is 0 Å². The van der Waals surface area contributed by atoms with E-state index in [-0.39, 0.29) is 25.0 Å². The first-order valence-electron chi connectivity index (χ1n) is 8.94. The molecule has 6 nitrogen and oxygen atoms in total. The molecule has 27 heavy (non-hydrogen) atoms. The summed E-state index contributed by atoms with van der Waals surface area (Å²) in [6.07, 6.45) is 0.941. The Hall–Kier alpha value is -3.02. The number of nitrogens with one attached hydrogen (secondary N) is 1. The van der Waals surface area contributed by atoms with Crippen LogP contribution in [-0.2, 0) is 9.59 Å². The van der Waals surface area contributed by atoms with Crippen molar-refractivity contribution in [1.29, 1.82) is 0 Å². The summed E-state index contributed by atoms with van der Waals surface area (Å²) in [5.74, 6) is 0.803. The maximum absolute atomic E-state index is 12.2. The van der Waals surface area contributed by atoms with Crippen LogP contribution in [0.4, 0.5) is 5.69 Å². The van der Waals surface area contributed by atoms with Gasteiger partial charge in [0.2, 0.25) is 5.91 Å². The van der Waals surface area contributed by atoms with Gasteiger partial charge in [-0.1, -0.05) is 24.6 Å². The minimum absolute atomic E-state index is 0.0418. The molecule has 0 radical (unpaired) electrons. The average molecular weight is 370 g/mol. The third-order valence-electron chi connectivity index (χ3n) is 3.80. The number of benzene rings is 2. The van der Waals surface area contributed by atoms with Crippen molar-refractivity contribution in [1.82, 2.24) is 4.90 Å². The summed E-state index contributed by atoms with van der Waals surface area (Å²) >= 11 is 0. The number of likely N-dealkylation sites (N-methyl/N-ethyl adjacent to an activating group) is 1. The van der Waals surface area contributed by atoms with E-state index in [4.69, 9.17) is 9.47 Å². The zero-order valence-electron chi connectivity index (χ0n) is 16.0. The van der Waals surface area contributed by atoms with Gasteiger partial charge in [0.25, 0.3) is 5.91 Å². The fraction of sp³-hybridized carbons (Fsp3) is 0.333. The summed E-state index contributed by atoms with van der Waals surface area (Å²) in [6, 6.07) is 14.6. The summed E-state index contributed by atoms with van der Waals surface area (Å²) in [4.78, 5) is 25.5. The molecule has 2 aromatic carbocycles. The Kier molecular flexibility index (Phi) is 7.67. The first-order valence-corrected chi connectivity index (χ1v) is 8.94. The maximum Gasteiger partial charge on any atom is 0.260 e. The molecule has 6 heteroatoms. The highest BCUT2D eigenvalue weighted by atomic mass is 16.5. The molecule has 0 fully saturated rings. The zero-order chi connectivity index (χ0) is 19.6. The molecule has 1 N–H and O–H groups in total. The number of hydrogen-bond donors (Lipinski definition) is 1. The molecule has 0 saturated heterocycles. The van der Waals surface area contributed by atoms with Gasteiger partial charge in [-0.15, -0.1) is 0 Å². The Labute approximate surface area is 160 Å². The molecule has 0 atom stereocenters. The van der Waals surface area contributed by atoms with Crippen LogP contribution >= 0.6 is 0 Å². The highest BCUT2D eigenvalue weighted by molar-refractivity contribution is 5.94. The Morgan fingerprint density at radius 2 is 1.56 bits per heavy atom. The van der Waals surface area contributed by atoms with E-state index in [1.54, 1.807) is 31.3 Å². The van der Waals surface area contributed by atoms with Crippen LogP contribution in [0.15, 0.2) is 48.5 Å². The van der Waals surface area contributed by atoms with Crippen molar-refractivity contribution in [3.8, 4) is 11.5 Å². The van der Waals surface area contributed by atoms with Crippen molar-refractivity contribution in [3.63, 3.8) is 0 Å². The van der Waals surface area contributed by atoms with Gasteiger partial charge in [-0.05, 0) is 49.7 Å². The zero-order valence-corrected chi connectivity index (χ0v) is 16.0. The molecular formula is C21H26N2O4. The number of rotatable bonds is 9. The Morgan fingerprint density at radius 3 is 2.15 bits per heavy atom. The third-order valence-corrected chi connectivity index (χ3v) is 3.80. The monoisotopic (exact) mass is 370 g/mol. The second-order valence-electron chi connectivity index (χ2n) is 6.27. The SMILES string of the molecule is CCCOc1ccc(OCC(=O)N(C)CC(=O)Nc2ccc(C)cc2)cc1. The van der Waals surface area contributed by atoms with Crippen LogP contribution in [0, 0.1) is 6.92 Å². The van der Waals surface area contributed by atoms with Crippen molar-refractivity contribution in [3.05, 3.63) is 54.1 Å². The van der Waals surface area contributed by atoms with Gasteiger partial charge in [-0.3, -0.25) is 9.59 Å². The lowest BCUT2D eigenvalue weighted by molar-refractivity contribution is -0.135. The number of amides is 2. The lowest BCUT2D eigenvalue weighted by atomic mass is 10.2. The standard InChI is InChI=1S/C21H26N2O4/c1-4-13-26-18-9-11-19(12-10-18)27-15-21(25)23(3)14-20(24)22-17-7-5-16(2)6-8-17/h5-12H,4,13-15H2,1-3H3,(H,22,24). The van der Waals surface area contributed by atoms with Crippen LogP contribution in [0.3, 0.4) is 0 Å². The van der Waals surface area contributed by atoms with E-state index in [0.29, 0.717) is 18.0 Å². The molecular weight excluding hydrogens is 344 g/mol. The van der Waals surface area contributed by atoms with Crippen molar-refractivity contribution >= 4 is 17.5 Å². The number of anilines is 1. The summed E-state index contributed by atoms with van der Waals surface area (Å²) in [7, 11) is 1.57. The minimum Gasteiger partial charge on any atom is -0.494 e. The van der Waals surface area contributed by atoms with E-state index in [1.165, 1.54) is 4.90 Å². The fourth-order valence-electron chi connectivity index (χ4n) is 2.25. The second-order valence-corrected chi connectivity index (χ2v) is 6.27. The molecule has 0 spiro atoms. The summed E-state index contributed by atoms with van der Waals surface area (Å²) < 4.78 is 11.0. The molecule has 0 unspecified atom stereocenters. The molecule has 0 aliphatic heterocycles. The van der Waals surface area contributed by atoms with Crippen molar-refractivity contribution in [2.45, 2.75) is 20.3 Å². The van der Waals surface area contributed by atoms with E-state index in [1.807, 2.05) is 38.1 Å². The minimum atomic E-state index is -0.277. The van der Waals surface area contributed by atoms with E-state index in [0.717, 1.165) is 17.7 Å². The van der Waals surface area contributed by atoms with Crippen LogP contribution < -0.4 is 14.8 Å². The van der Waals surface area contributed by atoms with Crippen molar-refractivity contribution < 1.29 is 19.1 Å². The molecule has 0 aromatic heterocycles. The summed E-state index contributed by atoms with van der Waals surface area (Å²) in [5.41, 5.74) is 1.82. The quantitative estimate of drug-likeness (QED) is 0.736. The highest BCUT2D eigenvalue weighted by Crippen LogP contribution is 2.17. The smallest absolute Gasteiger partial charge is 0.260 e. The molecule has 144 valence electrons. The van der Waals surface area contributed by atoms with Gasteiger partial charge in [0.05, 0.1) is 13.2 Å². The van der Waals surface area contributed by atoms with E-state index < -0.39 is 0 Å². The predicted molar refractivity (Wildman–Crippen MR) is 105 cm³/mol. The third kappa shape index (κ3) is 7.01. The number of carbonyl (C=O) groups excluding carboxylic acids is 2. The summed E-state index contributed by atoms with van der Waals surface area (Å²) in [6.45, 7) is 4.50. The molecule has 0 aliphatic carbocycles. The summed E-state index contributed by atoms with van der Waals surface area (Å²) in [5, 5.41) is 2.76. The Balaban J connectivity index is 1.76. The Bertz CT molecular complexity index is 742. The second kappa shape index (κ2) is 10.2. The lowest BCUT2D eigenvalue weighted by Gasteiger charge is -2.17. The number of nitrogens with zero attached hydrogens (tertiary/aromatic N) is 1. The van der Waals surface area contributed by atoms with Crippen LogP contribution in [-0.4, -0.2) is 43.5 Å². The largest absolute Gasteiger partial charge is 0.494 e. The van der Waals surface area contributed by atoms with Gasteiger partial charge in [-0.25, -0.2) is 0 Å². The van der Waals surface area contributed by atoms with Gasteiger partial charge in [0.1, 0.15) is 11.5 Å². The van der Waals surface area contributed by atoms with Gasteiger partial charge in [-0.2, -0.15) is 0 Å². The van der Waals surface area contributed by atoms with Crippen LogP contribution in [0.2, 0.25) is 0 Å². The molecule has 0 bridgehead atoms. The van der Waals surface area contributed by atoms with Crippen molar-refractivity contribution in [2.24, 2.45) is 0 Å². The topological polar surface area (TPSA) is 67.9 Å². The van der Waals surface area contributed by atoms with Gasteiger partial charge >= 0.3 is 0 Å². The molecule has 2 rings (SSSR count). The van der Waals surface area contributed by atoms with Crippen molar-refractivity contribution in [2.75, 3.05) is 32.1 Å². The number of hydrogen-bond acceptors (Lipinski definition) is 4. The highest BCUT2D eigenvalue weighted by Gasteiger charge is 2.14. The number of aryl methyl sites for hydroxylation is 1. The lowest BCUT2D eigenvalue weighted by Crippen LogP contribution is -2.37. The molecule has 0 aliphatic rings. The van der Waals surface area contributed by atoms with E-state index in [2.05, 4.69) is 5.32 Å². The number of ether oxygens (including phenoxy) is 2. The van der Waals surface area contributed by atoms with Gasteiger partial charge in [0, 0.05) is 12.7 Å². The average Bonchev–Trinajstić information content (AvgIpc) is 2.67. The van der Waals surface area contributed by atoms with Gasteiger partial charge < -0.3 is 19.7 Å². The molecule has 2 aromatic rings. The van der Waals surface area contributed by atoms with Crippen LogP contribution in [0.1, 0.15) is 18.9 Å². The first-order chi connectivity index (χ1) is 13.0. The normalized spacial score (nSPS) is 10.2. The van der Waals surface area contributed by atoms with Crippen LogP contribution in [0.5, 0.6) is 11.5 Å². The van der Waals surface area contributed by atoms with E-state index in [9.17, 15) is 9.59 Å². The van der Waals surface area contributed by atoms with E-state index >= 15 is 0 Å². The fourth-order valence-corrected chi connectivity index (χ4v) is 2.25. The predicted octanol–water partition coefficient (Wildman–Crippen LogP) is 3.26. The molecule has 0 heterocycles.